The molecule has 2 aromatic rings. The Morgan fingerprint density at radius 1 is 1.04 bits per heavy atom. The van der Waals surface area contributed by atoms with Gasteiger partial charge >= 0.3 is 0 Å². The van der Waals surface area contributed by atoms with Crippen molar-refractivity contribution in [1.82, 2.24) is 5.32 Å². The minimum atomic E-state index is 0.340. The Kier molecular flexibility index (Phi) is 20.8. The molecule has 1 fully saturated rings. The normalized spacial score (nSPS) is 15.1. The largest absolute Gasteiger partial charge is 0.323 e. The summed E-state index contributed by atoms with van der Waals surface area (Å²) in [4.78, 5) is 0. The van der Waals surface area contributed by atoms with E-state index < -0.39 is 0 Å². The SMILES string of the molecule is C#C.C=C(C)c1cc(CCC#CC2CC2)ccc1CC.C=CC(CC)C(C=C)c1ccc(C2=CC=C/C(=C/C=C\C)C2)cc1.CNC. The molecule has 1 saturated carbocycles. The fourth-order valence-corrected chi connectivity index (χ4v) is 5.34. The third kappa shape index (κ3) is 14.8. The summed E-state index contributed by atoms with van der Waals surface area (Å²) in [6.07, 6.45) is 32.8. The second kappa shape index (κ2) is 24.0. The quantitative estimate of drug-likeness (QED) is 0.193. The Hall–Kier alpha value is -4.30. The molecule has 0 saturated heterocycles. The molecule has 2 unspecified atom stereocenters. The Bertz CT molecular complexity index is 1450. The molecule has 2 aliphatic carbocycles. The van der Waals surface area contributed by atoms with Crippen LogP contribution in [-0.4, -0.2) is 14.1 Å². The summed E-state index contributed by atoms with van der Waals surface area (Å²) in [6, 6.07) is 15.7. The van der Waals surface area contributed by atoms with Crippen molar-refractivity contribution in [2.24, 2.45) is 11.8 Å². The molecule has 0 spiro atoms. The molecule has 0 heterocycles. The molecule has 0 radical (unpaired) electrons. The van der Waals surface area contributed by atoms with Gasteiger partial charge in [-0.15, -0.1) is 31.9 Å². The smallest absolute Gasteiger partial charge is 0.0203 e. The highest BCUT2D eigenvalue weighted by Crippen LogP contribution is 2.32. The number of terminal acetylenes is 1. The van der Waals surface area contributed by atoms with E-state index in [-0.39, 0.29) is 0 Å². The van der Waals surface area contributed by atoms with Crippen LogP contribution in [0.3, 0.4) is 0 Å². The predicted octanol–water partition coefficient (Wildman–Crippen LogP) is 11.7. The number of benzene rings is 2. The maximum atomic E-state index is 4.08. The third-order valence-corrected chi connectivity index (χ3v) is 8.10. The average Bonchev–Trinajstić information content (AvgIpc) is 3.94. The van der Waals surface area contributed by atoms with Gasteiger partial charge in [-0.3, -0.25) is 0 Å². The lowest BCUT2D eigenvalue weighted by molar-refractivity contribution is 0.566. The van der Waals surface area contributed by atoms with Gasteiger partial charge in [-0.05, 0) is 111 Å². The van der Waals surface area contributed by atoms with E-state index in [1.54, 1.807) is 0 Å². The maximum absolute atomic E-state index is 4.08. The van der Waals surface area contributed by atoms with Crippen molar-refractivity contribution in [2.75, 3.05) is 14.1 Å². The molecule has 248 valence electrons. The topological polar surface area (TPSA) is 12.0 Å². The fraction of sp³-hybridized carbons (Fsp3) is 0.348. The Balaban J connectivity index is 0.000000425. The molecule has 0 aromatic heterocycles. The Morgan fingerprint density at radius 2 is 1.72 bits per heavy atom. The summed E-state index contributed by atoms with van der Waals surface area (Å²) in [6.45, 7) is 20.6. The van der Waals surface area contributed by atoms with Crippen LogP contribution in [0.1, 0.15) is 93.5 Å². The summed E-state index contributed by atoms with van der Waals surface area (Å²) < 4.78 is 0. The zero-order chi connectivity index (χ0) is 35.0. The molecule has 47 heavy (non-hydrogen) atoms. The Labute approximate surface area is 289 Å². The van der Waals surface area contributed by atoms with Crippen LogP contribution in [0.4, 0.5) is 0 Å². The summed E-state index contributed by atoms with van der Waals surface area (Å²) >= 11 is 0. The van der Waals surface area contributed by atoms with Gasteiger partial charge in [0.15, 0.2) is 0 Å². The fourth-order valence-electron chi connectivity index (χ4n) is 5.34. The van der Waals surface area contributed by atoms with Gasteiger partial charge in [-0.2, -0.15) is 0 Å². The zero-order valence-electron chi connectivity index (χ0n) is 30.1. The first-order chi connectivity index (χ1) is 22.8. The van der Waals surface area contributed by atoms with E-state index in [0.717, 1.165) is 43.6 Å². The molecular weight excluding hydrogens is 567 g/mol. The number of rotatable bonds is 11. The molecule has 0 aliphatic heterocycles. The van der Waals surface area contributed by atoms with E-state index in [1.807, 2.05) is 33.2 Å². The lowest BCUT2D eigenvalue weighted by atomic mass is 9.83. The van der Waals surface area contributed by atoms with E-state index in [4.69, 9.17) is 0 Å². The lowest BCUT2D eigenvalue weighted by Crippen LogP contribution is -2.07. The first-order valence-electron chi connectivity index (χ1n) is 17.1. The van der Waals surface area contributed by atoms with Gasteiger partial charge in [0, 0.05) is 18.3 Å². The van der Waals surface area contributed by atoms with E-state index in [0.29, 0.717) is 11.8 Å². The van der Waals surface area contributed by atoms with E-state index in [9.17, 15) is 0 Å². The Morgan fingerprint density at radius 3 is 2.26 bits per heavy atom. The van der Waals surface area contributed by atoms with Crippen molar-refractivity contribution in [3.8, 4) is 24.7 Å². The second-order valence-corrected chi connectivity index (χ2v) is 11.9. The van der Waals surface area contributed by atoms with E-state index in [2.05, 4.69) is 149 Å². The lowest BCUT2D eigenvalue weighted by Gasteiger charge is -2.21. The predicted molar refractivity (Wildman–Crippen MR) is 212 cm³/mol. The van der Waals surface area contributed by atoms with Crippen molar-refractivity contribution in [2.45, 2.75) is 78.6 Å². The number of aryl methyl sites for hydroxylation is 2. The van der Waals surface area contributed by atoms with Gasteiger partial charge in [0.2, 0.25) is 0 Å². The molecule has 2 aliphatic rings. The number of hydrogen-bond acceptors (Lipinski definition) is 1. The molecule has 2 atom stereocenters. The molecule has 1 nitrogen and oxygen atoms in total. The molecule has 0 bridgehead atoms. The van der Waals surface area contributed by atoms with Gasteiger partial charge in [0.25, 0.3) is 0 Å². The van der Waals surface area contributed by atoms with Gasteiger partial charge in [-0.25, -0.2) is 0 Å². The number of allylic oxidation sites excluding steroid dienone is 11. The zero-order valence-corrected chi connectivity index (χ0v) is 30.1. The second-order valence-electron chi connectivity index (χ2n) is 11.9. The van der Waals surface area contributed by atoms with Crippen LogP contribution in [-0.2, 0) is 12.8 Å². The van der Waals surface area contributed by atoms with Crippen LogP contribution in [0, 0.1) is 36.5 Å². The average molecular weight is 626 g/mol. The summed E-state index contributed by atoms with van der Waals surface area (Å²) in [5.41, 5.74) is 10.6. The van der Waals surface area contributed by atoms with Gasteiger partial charge < -0.3 is 5.32 Å². The first-order valence-corrected chi connectivity index (χ1v) is 17.1. The summed E-state index contributed by atoms with van der Waals surface area (Å²) in [5, 5.41) is 2.75. The van der Waals surface area contributed by atoms with Crippen LogP contribution in [0.25, 0.3) is 11.1 Å². The van der Waals surface area contributed by atoms with E-state index in [1.165, 1.54) is 51.8 Å². The van der Waals surface area contributed by atoms with Gasteiger partial charge in [0.1, 0.15) is 0 Å². The summed E-state index contributed by atoms with van der Waals surface area (Å²) in [7, 11) is 3.75. The van der Waals surface area contributed by atoms with Crippen molar-refractivity contribution in [3.05, 3.63) is 144 Å². The van der Waals surface area contributed by atoms with Gasteiger partial charge in [0.05, 0.1) is 0 Å². The van der Waals surface area contributed by atoms with Crippen LogP contribution in [0.5, 0.6) is 0 Å². The molecule has 0 amide bonds. The maximum Gasteiger partial charge on any atom is 0.0203 e. The van der Waals surface area contributed by atoms with E-state index >= 15 is 0 Å². The van der Waals surface area contributed by atoms with Crippen LogP contribution in [0.2, 0.25) is 0 Å². The van der Waals surface area contributed by atoms with Crippen LogP contribution >= 0.6 is 0 Å². The third-order valence-electron chi connectivity index (χ3n) is 8.10. The number of nitrogens with one attached hydrogen (secondary N) is 1. The standard InChI is InChI=1S/C24H28.C18H22.C2H7N.C2H2/c1-5-9-11-19-12-10-13-23(18-19)21-14-16-22(17-15-21)24(8-4)20(6-2)7-3;1-4-17-12-11-16(13-18(17)14(2)3)8-6-5-7-15-9-10-15;1-3-2;1-2/h5-6,8-17,20,24H,2,4,7,18H2,1,3H3;11-13,15H,2,4,6,8-10H2,1,3H3;3H,1-2H3;1-2H/b9-5-,19-11-;;;. The molecule has 4 rings (SSSR count). The van der Waals surface area contributed by atoms with Crippen molar-refractivity contribution < 1.29 is 0 Å². The molecule has 1 N–H and O–H groups in total. The highest BCUT2D eigenvalue weighted by atomic mass is 14.7. The van der Waals surface area contributed by atoms with Crippen LogP contribution in [0.15, 0.2) is 116 Å². The molecule has 2 aromatic carbocycles. The van der Waals surface area contributed by atoms with Crippen molar-refractivity contribution in [3.63, 3.8) is 0 Å². The molecular formula is C46H59N. The minimum Gasteiger partial charge on any atom is -0.323 e. The minimum absolute atomic E-state index is 0.340. The highest BCUT2D eigenvalue weighted by molar-refractivity contribution is 5.72. The highest BCUT2D eigenvalue weighted by Gasteiger charge is 2.18. The van der Waals surface area contributed by atoms with Gasteiger partial charge in [-0.1, -0.05) is 123 Å². The van der Waals surface area contributed by atoms with Crippen molar-refractivity contribution >= 4 is 11.1 Å². The van der Waals surface area contributed by atoms with Crippen LogP contribution < -0.4 is 5.32 Å². The first kappa shape index (κ1) is 40.7. The summed E-state index contributed by atoms with van der Waals surface area (Å²) in [5.74, 6) is 8.13. The van der Waals surface area contributed by atoms with Crippen molar-refractivity contribution in [1.29, 1.82) is 0 Å². The molecule has 1 heteroatoms. The monoisotopic (exact) mass is 625 g/mol. The number of hydrogen-bond donors (Lipinski definition) is 1.